The van der Waals surface area contributed by atoms with Crippen LogP contribution in [0.4, 0.5) is 0 Å². The standard InChI is InChI=1S/C38H24/c1-3-15-27-25(12-1)14-11-23-31(27)37-32-19-7-9-21-34(32)38(35-22-10-8-20-33(35)37)36-24-26-13-2-4-16-28(26)29-17-5-6-18-30(29)36/h1-24H/i7D,9D,19D,21D. The Morgan fingerprint density at radius 1 is 0.342 bits per heavy atom. The predicted molar refractivity (Wildman–Crippen MR) is 165 cm³/mol. The molecule has 0 aliphatic heterocycles. The fourth-order valence-electron chi connectivity index (χ4n) is 6.14. The average molecular weight is 485 g/mol. The number of fused-ring (bicyclic) bond motifs is 6. The van der Waals surface area contributed by atoms with E-state index in [9.17, 15) is 2.74 Å². The van der Waals surface area contributed by atoms with Gasteiger partial charge in [0, 0.05) is 0 Å². The van der Waals surface area contributed by atoms with Gasteiger partial charge in [-0.05, 0) is 82.2 Å². The highest BCUT2D eigenvalue weighted by atomic mass is 14.2. The zero-order valence-corrected chi connectivity index (χ0v) is 20.5. The van der Waals surface area contributed by atoms with Gasteiger partial charge in [0.25, 0.3) is 0 Å². The molecule has 0 aromatic heterocycles. The van der Waals surface area contributed by atoms with Crippen molar-refractivity contribution in [3.63, 3.8) is 0 Å². The first-order valence-corrected chi connectivity index (χ1v) is 12.9. The molecule has 0 amide bonds. The Hall–Kier alpha value is -4.94. The molecule has 176 valence electrons. The van der Waals surface area contributed by atoms with Crippen LogP contribution in [0.25, 0.3) is 76.1 Å². The van der Waals surface area contributed by atoms with Crippen LogP contribution in [0.15, 0.2) is 145 Å². The van der Waals surface area contributed by atoms with Crippen LogP contribution in [0.5, 0.6) is 0 Å². The fourth-order valence-corrected chi connectivity index (χ4v) is 6.14. The van der Waals surface area contributed by atoms with Gasteiger partial charge in [0.2, 0.25) is 0 Å². The summed E-state index contributed by atoms with van der Waals surface area (Å²) in [4.78, 5) is 0. The Labute approximate surface area is 227 Å². The zero-order chi connectivity index (χ0) is 28.5. The van der Waals surface area contributed by atoms with Gasteiger partial charge < -0.3 is 0 Å². The second-order valence-corrected chi connectivity index (χ2v) is 9.76. The Kier molecular flexibility index (Phi) is 3.82. The van der Waals surface area contributed by atoms with Crippen LogP contribution in [-0.2, 0) is 0 Å². The van der Waals surface area contributed by atoms with Crippen molar-refractivity contribution in [2.75, 3.05) is 0 Å². The van der Waals surface area contributed by atoms with Crippen LogP contribution in [0.3, 0.4) is 0 Å². The van der Waals surface area contributed by atoms with Crippen molar-refractivity contribution >= 4 is 53.9 Å². The van der Waals surface area contributed by atoms with Crippen molar-refractivity contribution in [3.8, 4) is 22.3 Å². The van der Waals surface area contributed by atoms with Crippen molar-refractivity contribution in [2.24, 2.45) is 0 Å². The molecule has 0 aliphatic rings. The molecule has 8 aromatic rings. The van der Waals surface area contributed by atoms with Gasteiger partial charge in [-0.15, -0.1) is 0 Å². The molecular formula is C38H24. The molecule has 0 spiro atoms. The van der Waals surface area contributed by atoms with E-state index in [0.717, 1.165) is 65.3 Å². The average Bonchev–Trinajstić information content (AvgIpc) is 3.04. The van der Waals surface area contributed by atoms with Crippen LogP contribution in [0, 0.1) is 0 Å². The molecule has 0 aliphatic carbocycles. The molecule has 0 radical (unpaired) electrons. The van der Waals surface area contributed by atoms with E-state index in [1.54, 1.807) is 0 Å². The first-order valence-electron chi connectivity index (χ1n) is 14.9. The van der Waals surface area contributed by atoms with Crippen LogP contribution in [0.1, 0.15) is 5.48 Å². The largest absolute Gasteiger partial charge is 0.0629 e. The maximum Gasteiger partial charge on any atom is 0.0629 e. The Morgan fingerprint density at radius 3 is 1.55 bits per heavy atom. The van der Waals surface area contributed by atoms with Gasteiger partial charge in [0.15, 0.2) is 0 Å². The third-order valence-electron chi connectivity index (χ3n) is 7.75. The van der Waals surface area contributed by atoms with Crippen molar-refractivity contribution in [2.45, 2.75) is 0 Å². The molecule has 0 N–H and O–H groups in total. The van der Waals surface area contributed by atoms with E-state index in [1.165, 1.54) is 0 Å². The molecule has 0 fully saturated rings. The molecule has 0 unspecified atom stereocenters. The maximum atomic E-state index is 9.29. The second-order valence-electron chi connectivity index (χ2n) is 9.76. The molecule has 0 nitrogen and oxygen atoms in total. The van der Waals surface area contributed by atoms with Crippen molar-refractivity contribution in [1.29, 1.82) is 0 Å². The number of rotatable bonds is 2. The number of hydrogen-bond acceptors (Lipinski definition) is 0. The number of hydrogen-bond donors (Lipinski definition) is 0. The van der Waals surface area contributed by atoms with Crippen LogP contribution in [-0.4, -0.2) is 0 Å². The SMILES string of the molecule is [2H]c1c([2H])c([2H])c2c(-c3cc4ccccc4c4ccccc34)c3ccccc3c(-c3cccc4ccccc34)c2c1[2H]. The van der Waals surface area contributed by atoms with E-state index in [0.29, 0.717) is 10.8 Å². The van der Waals surface area contributed by atoms with Crippen LogP contribution >= 0.6 is 0 Å². The van der Waals surface area contributed by atoms with E-state index in [-0.39, 0.29) is 24.2 Å². The normalized spacial score (nSPS) is 13.2. The first-order chi connectivity index (χ1) is 20.5. The van der Waals surface area contributed by atoms with E-state index in [4.69, 9.17) is 2.74 Å². The predicted octanol–water partition coefficient (Wildman–Crippen LogP) is 10.8. The van der Waals surface area contributed by atoms with Gasteiger partial charge in [0.1, 0.15) is 0 Å². The topological polar surface area (TPSA) is 0 Å². The summed E-state index contributed by atoms with van der Waals surface area (Å²) in [6, 6.07) is 40.9. The molecule has 0 heterocycles. The fraction of sp³-hybridized carbons (Fsp3) is 0. The van der Waals surface area contributed by atoms with Crippen molar-refractivity contribution in [3.05, 3.63) is 145 Å². The van der Waals surface area contributed by atoms with Crippen molar-refractivity contribution < 1.29 is 5.48 Å². The summed E-state index contributed by atoms with van der Waals surface area (Å²) >= 11 is 0. The molecule has 38 heavy (non-hydrogen) atoms. The molecule has 8 aromatic carbocycles. The molecular weight excluding hydrogens is 456 g/mol. The summed E-state index contributed by atoms with van der Waals surface area (Å²) in [6.07, 6.45) is 0. The molecule has 0 atom stereocenters. The Bertz CT molecular complexity index is 2400. The van der Waals surface area contributed by atoms with Gasteiger partial charge in [-0.3, -0.25) is 0 Å². The molecule has 0 saturated heterocycles. The lowest BCUT2D eigenvalue weighted by Gasteiger charge is -2.20. The first kappa shape index (κ1) is 17.5. The second kappa shape index (κ2) is 8.30. The lowest BCUT2D eigenvalue weighted by Crippen LogP contribution is -1.92. The van der Waals surface area contributed by atoms with E-state index >= 15 is 0 Å². The maximum absolute atomic E-state index is 9.29. The van der Waals surface area contributed by atoms with Gasteiger partial charge >= 0.3 is 0 Å². The highest BCUT2D eigenvalue weighted by Gasteiger charge is 2.19. The number of benzene rings is 8. The summed E-state index contributed by atoms with van der Waals surface area (Å²) in [5, 5.41) is 9.53. The van der Waals surface area contributed by atoms with E-state index < -0.39 is 0 Å². The van der Waals surface area contributed by atoms with Crippen LogP contribution in [0.2, 0.25) is 0 Å². The summed E-state index contributed by atoms with van der Waals surface area (Å²) in [6.45, 7) is 0. The van der Waals surface area contributed by atoms with Crippen molar-refractivity contribution in [1.82, 2.24) is 0 Å². The van der Waals surface area contributed by atoms with Gasteiger partial charge in [-0.2, -0.15) is 0 Å². The van der Waals surface area contributed by atoms with E-state index in [2.05, 4.69) is 72.8 Å². The summed E-state index contributed by atoms with van der Waals surface area (Å²) < 4.78 is 36.0. The van der Waals surface area contributed by atoms with Gasteiger partial charge in [-0.25, -0.2) is 0 Å². The quantitative estimate of drug-likeness (QED) is 0.169. The summed E-state index contributed by atoms with van der Waals surface area (Å²) in [7, 11) is 0. The van der Waals surface area contributed by atoms with Gasteiger partial charge in [0.05, 0.1) is 5.48 Å². The minimum Gasteiger partial charge on any atom is -0.0616 e. The zero-order valence-electron chi connectivity index (χ0n) is 24.5. The molecule has 0 heteroatoms. The van der Waals surface area contributed by atoms with Gasteiger partial charge in [-0.1, -0.05) is 139 Å². The monoisotopic (exact) mass is 484 g/mol. The lowest BCUT2D eigenvalue weighted by atomic mass is 9.83. The minimum atomic E-state index is -0.224. The third kappa shape index (κ3) is 3.04. The Morgan fingerprint density at radius 2 is 0.842 bits per heavy atom. The minimum absolute atomic E-state index is 0.0222. The molecule has 8 rings (SSSR count). The Balaban J connectivity index is 1.68. The highest BCUT2D eigenvalue weighted by molar-refractivity contribution is 6.26. The smallest absolute Gasteiger partial charge is 0.0616 e. The van der Waals surface area contributed by atoms with Crippen LogP contribution < -0.4 is 0 Å². The third-order valence-corrected chi connectivity index (χ3v) is 7.75. The summed E-state index contributed by atoms with van der Waals surface area (Å²) in [5.41, 5.74) is 3.58. The summed E-state index contributed by atoms with van der Waals surface area (Å²) in [5.74, 6) is 0. The molecule has 0 bridgehead atoms. The highest BCUT2D eigenvalue weighted by Crippen LogP contribution is 2.47. The van der Waals surface area contributed by atoms with E-state index in [1.807, 2.05) is 48.5 Å². The lowest BCUT2D eigenvalue weighted by molar-refractivity contribution is 1.69. The molecule has 0 saturated carbocycles.